The monoisotopic (exact) mass is 198 g/mol. The molecule has 0 aliphatic carbocycles. The van der Waals surface area contributed by atoms with Crippen molar-refractivity contribution >= 4 is 5.91 Å². The van der Waals surface area contributed by atoms with Crippen molar-refractivity contribution in [3.8, 4) is 0 Å². The molecule has 0 fully saturated rings. The minimum atomic E-state index is -4.29. The van der Waals surface area contributed by atoms with Crippen molar-refractivity contribution < 1.29 is 18.0 Å². The van der Waals surface area contributed by atoms with E-state index in [4.69, 9.17) is 5.73 Å². The number of halogens is 3. The minimum Gasteiger partial charge on any atom is -0.368 e. The van der Waals surface area contributed by atoms with Gasteiger partial charge in [0.05, 0.1) is 12.6 Å². The van der Waals surface area contributed by atoms with E-state index in [0.717, 1.165) is 4.90 Å². The number of rotatable bonds is 4. The van der Waals surface area contributed by atoms with E-state index in [-0.39, 0.29) is 6.54 Å². The number of carbonyl (C=O) groups excluding carboxylic acids is 1. The number of primary amides is 1. The van der Waals surface area contributed by atoms with Gasteiger partial charge < -0.3 is 5.73 Å². The van der Waals surface area contributed by atoms with E-state index in [1.807, 2.05) is 0 Å². The first-order chi connectivity index (χ1) is 5.78. The summed E-state index contributed by atoms with van der Waals surface area (Å²) in [7, 11) is 0. The Hall–Kier alpha value is -0.780. The molecule has 0 saturated heterocycles. The van der Waals surface area contributed by atoms with Gasteiger partial charge in [0, 0.05) is 0 Å². The smallest absolute Gasteiger partial charge is 0.368 e. The average Bonchev–Trinajstić information content (AvgIpc) is 1.97. The lowest BCUT2D eigenvalue weighted by molar-refractivity contribution is -0.153. The molecule has 0 aromatic heterocycles. The zero-order valence-corrected chi connectivity index (χ0v) is 7.56. The predicted molar refractivity (Wildman–Crippen MR) is 42.0 cm³/mol. The number of likely N-dealkylation sites (N-methyl/N-ethyl adjacent to an activating group) is 1. The number of nitrogens with zero attached hydrogens (tertiary/aromatic N) is 1. The number of carbonyl (C=O) groups is 1. The average molecular weight is 198 g/mol. The van der Waals surface area contributed by atoms with Crippen molar-refractivity contribution in [1.29, 1.82) is 0 Å². The van der Waals surface area contributed by atoms with Crippen LogP contribution in [-0.2, 0) is 4.79 Å². The first-order valence-electron chi connectivity index (χ1n) is 3.88. The van der Waals surface area contributed by atoms with Gasteiger partial charge in [-0.2, -0.15) is 13.2 Å². The quantitative estimate of drug-likeness (QED) is 0.724. The van der Waals surface area contributed by atoms with Crippen LogP contribution < -0.4 is 5.73 Å². The zero-order valence-electron chi connectivity index (χ0n) is 7.56. The highest BCUT2D eigenvalue weighted by atomic mass is 19.4. The Balaban J connectivity index is 4.26. The molecule has 0 aliphatic rings. The van der Waals surface area contributed by atoms with Gasteiger partial charge in [-0.05, 0) is 13.5 Å². The van der Waals surface area contributed by atoms with E-state index in [0.29, 0.717) is 0 Å². The number of amides is 1. The van der Waals surface area contributed by atoms with Gasteiger partial charge in [-0.3, -0.25) is 9.69 Å². The number of nitrogens with two attached hydrogens (primary N) is 1. The Morgan fingerprint density at radius 1 is 1.54 bits per heavy atom. The molecule has 0 heterocycles. The normalized spacial score (nSPS) is 14.6. The summed E-state index contributed by atoms with van der Waals surface area (Å²) in [5.74, 6) is -0.744. The summed E-state index contributed by atoms with van der Waals surface area (Å²) in [6, 6.07) is -0.883. The maximum atomic E-state index is 11.9. The third-order valence-electron chi connectivity index (χ3n) is 1.75. The topological polar surface area (TPSA) is 46.3 Å². The molecule has 78 valence electrons. The van der Waals surface area contributed by atoms with Gasteiger partial charge in [0.25, 0.3) is 0 Å². The first kappa shape index (κ1) is 12.2. The lowest BCUT2D eigenvalue weighted by atomic mass is 10.2. The lowest BCUT2D eigenvalue weighted by Crippen LogP contribution is -2.46. The van der Waals surface area contributed by atoms with Crippen LogP contribution in [0.25, 0.3) is 0 Å². The van der Waals surface area contributed by atoms with Crippen molar-refractivity contribution in [2.45, 2.75) is 26.1 Å². The largest absolute Gasteiger partial charge is 0.401 e. The van der Waals surface area contributed by atoms with E-state index in [1.54, 1.807) is 6.92 Å². The van der Waals surface area contributed by atoms with Gasteiger partial charge in [0.1, 0.15) is 0 Å². The van der Waals surface area contributed by atoms with E-state index < -0.39 is 24.7 Å². The van der Waals surface area contributed by atoms with Crippen LogP contribution in [0, 0.1) is 0 Å². The van der Waals surface area contributed by atoms with Crippen molar-refractivity contribution in [2.24, 2.45) is 5.73 Å². The summed E-state index contributed by atoms with van der Waals surface area (Å²) in [4.78, 5) is 11.6. The summed E-state index contributed by atoms with van der Waals surface area (Å²) in [6.45, 7) is 1.94. The third kappa shape index (κ3) is 4.72. The Kier molecular flexibility index (Phi) is 4.19. The molecular formula is C7H13F3N2O. The molecule has 0 aliphatic heterocycles. The SMILES string of the molecule is CCN(CC(F)(F)F)C(C)C(N)=O. The first-order valence-corrected chi connectivity index (χ1v) is 3.88. The lowest BCUT2D eigenvalue weighted by Gasteiger charge is -2.26. The van der Waals surface area contributed by atoms with Crippen molar-refractivity contribution in [1.82, 2.24) is 4.90 Å². The summed E-state index contributed by atoms with van der Waals surface area (Å²) >= 11 is 0. The van der Waals surface area contributed by atoms with Crippen LogP contribution in [0.4, 0.5) is 13.2 Å². The fourth-order valence-electron chi connectivity index (χ4n) is 0.933. The zero-order chi connectivity index (χ0) is 10.6. The Bertz CT molecular complexity index is 181. The molecule has 0 aromatic rings. The van der Waals surface area contributed by atoms with Gasteiger partial charge in [-0.15, -0.1) is 0 Å². The molecule has 0 spiro atoms. The van der Waals surface area contributed by atoms with Crippen molar-refractivity contribution in [2.75, 3.05) is 13.1 Å². The van der Waals surface area contributed by atoms with Crippen LogP contribution in [0.15, 0.2) is 0 Å². The molecule has 3 nitrogen and oxygen atoms in total. The molecule has 0 rings (SSSR count). The molecule has 1 amide bonds. The minimum absolute atomic E-state index is 0.142. The predicted octanol–water partition coefficient (Wildman–Crippen LogP) is 0.744. The molecular weight excluding hydrogens is 185 g/mol. The fraction of sp³-hybridized carbons (Fsp3) is 0.857. The highest BCUT2D eigenvalue weighted by molar-refractivity contribution is 5.79. The van der Waals surface area contributed by atoms with Crippen LogP contribution in [0.2, 0.25) is 0 Å². The van der Waals surface area contributed by atoms with Gasteiger partial charge in [0.2, 0.25) is 5.91 Å². The Labute approximate surface area is 74.7 Å². The molecule has 13 heavy (non-hydrogen) atoms. The molecule has 6 heteroatoms. The Morgan fingerprint density at radius 2 is 2.00 bits per heavy atom. The summed E-state index contributed by atoms with van der Waals surface area (Å²) in [5.41, 5.74) is 4.88. The van der Waals surface area contributed by atoms with Crippen LogP contribution in [-0.4, -0.2) is 36.1 Å². The van der Waals surface area contributed by atoms with Crippen LogP contribution in [0.5, 0.6) is 0 Å². The number of alkyl halides is 3. The van der Waals surface area contributed by atoms with E-state index in [1.165, 1.54) is 6.92 Å². The standard InChI is InChI=1S/C7H13F3N2O/c1-3-12(4-7(8,9)10)5(2)6(11)13/h5H,3-4H2,1-2H3,(H2,11,13). The van der Waals surface area contributed by atoms with Gasteiger partial charge in [-0.1, -0.05) is 6.92 Å². The van der Waals surface area contributed by atoms with Crippen LogP contribution in [0.3, 0.4) is 0 Å². The molecule has 0 saturated carbocycles. The maximum absolute atomic E-state index is 11.9. The second-order valence-corrected chi connectivity index (χ2v) is 2.76. The van der Waals surface area contributed by atoms with Crippen molar-refractivity contribution in [3.05, 3.63) is 0 Å². The van der Waals surface area contributed by atoms with Gasteiger partial charge in [0.15, 0.2) is 0 Å². The second kappa shape index (κ2) is 4.45. The highest BCUT2D eigenvalue weighted by Gasteiger charge is 2.33. The molecule has 2 N–H and O–H groups in total. The summed E-state index contributed by atoms with van der Waals surface area (Å²) in [5, 5.41) is 0. The second-order valence-electron chi connectivity index (χ2n) is 2.76. The summed E-state index contributed by atoms with van der Waals surface area (Å²) in [6.07, 6.45) is -4.29. The molecule has 0 bridgehead atoms. The molecule has 1 unspecified atom stereocenters. The van der Waals surface area contributed by atoms with E-state index >= 15 is 0 Å². The molecule has 1 atom stereocenters. The van der Waals surface area contributed by atoms with Crippen LogP contribution >= 0.6 is 0 Å². The van der Waals surface area contributed by atoms with Crippen LogP contribution in [0.1, 0.15) is 13.8 Å². The number of hydrogen-bond donors (Lipinski definition) is 1. The highest BCUT2D eigenvalue weighted by Crippen LogP contribution is 2.17. The van der Waals surface area contributed by atoms with E-state index in [9.17, 15) is 18.0 Å². The van der Waals surface area contributed by atoms with Gasteiger partial charge >= 0.3 is 6.18 Å². The molecule has 0 radical (unpaired) electrons. The fourth-order valence-corrected chi connectivity index (χ4v) is 0.933. The number of hydrogen-bond acceptors (Lipinski definition) is 2. The van der Waals surface area contributed by atoms with E-state index in [2.05, 4.69) is 0 Å². The third-order valence-corrected chi connectivity index (χ3v) is 1.75. The van der Waals surface area contributed by atoms with Gasteiger partial charge in [-0.25, -0.2) is 0 Å². The Morgan fingerprint density at radius 3 is 2.23 bits per heavy atom. The maximum Gasteiger partial charge on any atom is 0.401 e. The summed E-state index contributed by atoms with van der Waals surface area (Å²) < 4.78 is 35.8. The molecule has 0 aromatic carbocycles. The van der Waals surface area contributed by atoms with Crippen molar-refractivity contribution in [3.63, 3.8) is 0 Å².